The minimum Gasteiger partial charge on any atom is -0.465 e. The average Bonchev–Trinajstić information content (AvgIpc) is 2.18. The summed E-state index contributed by atoms with van der Waals surface area (Å²) in [5.74, 6) is 0. The summed E-state index contributed by atoms with van der Waals surface area (Å²) in [6.45, 7) is 7.27. The Bertz CT molecular complexity index is 178. The third-order valence-corrected chi connectivity index (χ3v) is 2.29. The molecule has 0 spiro atoms. The summed E-state index contributed by atoms with van der Waals surface area (Å²) in [5, 5.41) is 10.6. The van der Waals surface area contributed by atoms with Crippen LogP contribution in [0.1, 0.15) is 6.42 Å². The van der Waals surface area contributed by atoms with E-state index in [1.807, 2.05) is 0 Å². The fraction of sp³-hybridized carbons (Fsp3) is 0.900. The van der Waals surface area contributed by atoms with Crippen LogP contribution in [0.15, 0.2) is 0 Å². The fourth-order valence-electron chi connectivity index (χ4n) is 1.55. The molecule has 0 saturated carbocycles. The molecule has 1 heterocycles. The van der Waals surface area contributed by atoms with Crippen molar-refractivity contribution < 1.29 is 9.90 Å². The monoisotopic (exact) mass is 232 g/mol. The van der Waals surface area contributed by atoms with Crippen molar-refractivity contribution in [1.29, 1.82) is 0 Å². The third kappa shape index (κ3) is 11.2. The van der Waals surface area contributed by atoms with Gasteiger partial charge in [0.2, 0.25) is 0 Å². The summed E-state index contributed by atoms with van der Waals surface area (Å²) in [7, 11) is 4.27. The Morgan fingerprint density at radius 3 is 2.38 bits per heavy atom. The first-order valence-corrected chi connectivity index (χ1v) is 5.58. The molecular formula is C10H24N4O2. The first-order chi connectivity index (χ1) is 7.52. The second-order valence-corrected chi connectivity index (χ2v) is 4.09. The quantitative estimate of drug-likeness (QED) is 0.607. The van der Waals surface area contributed by atoms with E-state index in [-0.39, 0.29) is 0 Å². The molecule has 1 rings (SSSR count). The maximum absolute atomic E-state index is 8.78. The van der Waals surface area contributed by atoms with Crippen molar-refractivity contribution in [3.63, 3.8) is 0 Å². The van der Waals surface area contributed by atoms with Crippen LogP contribution in [0, 0.1) is 0 Å². The molecular weight excluding hydrogens is 208 g/mol. The summed E-state index contributed by atoms with van der Waals surface area (Å²) in [4.78, 5) is 13.6. The number of nitrogens with two attached hydrogens (primary N) is 1. The molecule has 1 aliphatic rings. The van der Waals surface area contributed by atoms with Gasteiger partial charge in [-0.25, -0.2) is 4.79 Å². The summed E-state index contributed by atoms with van der Waals surface area (Å²) in [6, 6.07) is 0. The Morgan fingerprint density at radius 1 is 1.44 bits per heavy atom. The highest BCUT2D eigenvalue weighted by molar-refractivity contribution is 5.61. The number of hydrogen-bond donors (Lipinski definition) is 3. The maximum Gasteiger partial charge on any atom is 0.402 e. The lowest BCUT2D eigenvalue weighted by atomic mass is 10.3. The van der Waals surface area contributed by atoms with Gasteiger partial charge < -0.3 is 26.0 Å². The van der Waals surface area contributed by atoms with Crippen molar-refractivity contribution in [2.75, 3.05) is 53.4 Å². The predicted octanol–water partition coefficient (Wildman–Crippen LogP) is -0.534. The van der Waals surface area contributed by atoms with Gasteiger partial charge in [-0.2, -0.15) is 0 Å². The highest BCUT2D eigenvalue weighted by atomic mass is 16.4. The number of piperazine rings is 1. The standard InChI is InChI=1S/C9H21N3.CH3NO2/c1-11(2)6-3-7-12-8-4-10-5-9-12;2-1(3)4/h10H,3-9H2,1-2H3;2H2,(H,3,4). The van der Waals surface area contributed by atoms with Crippen LogP contribution in [0.4, 0.5) is 4.79 Å². The molecule has 96 valence electrons. The average molecular weight is 232 g/mol. The molecule has 0 aliphatic carbocycles. The number of nitrogens with zero attached hydrogens (tertiary/aromatic N) is 2. The van der Waals surface area contributed by atoms with E-state index in [1.54, 1.807) is 0 Å². The molecule has 0 aromatic heterocycles. The molecule has 6 nitrogen and oxygen atoms in total. The van der Waals surface area contributed by atoms with Gasteiger partial charge in [-0.3, -0.25) is 0 Å². The van der Waals surface area contributed by atoms with Crippen LogP contribution in [0.2, 0.25) is 0 Å². The number of carbonyl (C=O) groups is 1. The molecule has 0 bridgehead atoms. The van der Waals surface area contributed by atoms with Crippen LogP contribution in [0.25, 0.3) is 0 Å². The second kappa shape index (κ2) is 9.38. The van der Waals surface area contributed by atoms with Gasteiger partial charge in [0.1, 0.15) is 0 Å². The summed E-state index contributed by atoms with van der Waals surface area (Å²) < 4.78 is 0. The van der Waals surface area contributed by atoms with E-state index in [9.17, 15) is 0 Å². The van der Waals surface area contributed by atoms with Crippen LogP contribution in [-0.2, 0) is 0 Å². The first kappa shape index (κ1) is 15.2. The smallest absolute Gasteiger partial charge is 0.402 e. The van der Waals surface area contributed by atoms with E-state index in [4.69, 9.17) is 9.90 Å². The van der Waals surface area contributed by atoms with E-state index < -0.39 is 6.09 Å². The van der Waals surface area contributed by atoms with Gasteiger partial charge in [0, 0.05) is 26.2 Å². The largest absolute Gasteiger partial charge is 0.465 e. The van der Waals surface area contributed by atoms with E-state index >= 15 is 0 Å². The molecule has 16 heavy (non-hydrogen) atoms. The van der Waals surface area contributed by atoms with Crippen molar-refractivity contribution in [2.24, 2.45) is 5.73 Å². The molecule has 1 fully saturated rings. The zero-order valence-electron chi connectivity index (χ0n) is 10.3. The van der Waals surface area contributed by atoms with Gasteiger partial charge in [0.05, 0.1) is 0 Å². The Kier molecular flexibility index (Phi) is 8.88. The van der Waals surface area contributed by atoms with Gasteiger partial charge in [0.15, 0.2) is 0 Å². The van der Waals surface area contributed by atoms with Crippen molar-refractivity contribution in [1.82, 2.24) is 15.1 Å². The van der Waals surface area contributed by atoms with Gasteiger partial charge in [-0.1, -0.05) is 0 Å². The zero-order valence-corrected chi connectivity index (χ0v) is 10.3. The lowest BCUT2D eigenvalue weighted by Crippen LogP contribution is -2.44. The van der Waals surface area contributed by atoms with Crippen LogP contribution in [0.5, 0.6) is 0 Å². The molecule has 0 atom stereocenters. The minimum absolute atomic E-state index is 1.17. The fourth-order valence-corrected chi connectivity index (χ4v) is 1.55. The van der Waals surface area contributed by atoms with E-state index in [2.05, 4.69) is 34.9 Å². The van der Waals surface area contributed by atoms with Gasteiger partial charge in [0.25, 0.3) is 0 Å². The molecule has 1 saturated heterocycles. The molecule has 0 aromatic rings. The maximum atomic E-state index is 8.78. The molecule has 0 aromatic carbocycles. The highest BCUT2D eigenvalue weighted by Gasteiger charge is 2.07. The molecule has 1 amide bonds. The normalized spacial score (nSPS) is 16.7. The Hall–Kier alpha value is -0.850. The van der Waals surface area contributed by atoms with Gasteiger partial charge in [-0.05, 0) is 33.6 Å². The van der Waals surface area contributed by atoms with E-state index in [1.165, 1.54) is 45.7 Å². The van der Waals surface area contributed by atoms with Crippen LogP contribution in [0.3, 0.4) is 0 Å². The topological polar surface area (TPSA) is 81.8 Å². The third-order valence-electron chi connectivity index (χ3n) is 2.29. The first-order valence-electron chi connectivity index (χ1n) is 5.58. The van der Waals surface area contributed by atoms with Gasteiger partial charge >= 0.3 is 6.09 Å². The summed E-state index contributed by atoms with van der Waals surface area (Å²) >= 11 is 0. The number of nitrogens with one attached hydrogen (secondary N) is 1. The lowest BCUT2D eigenvalue weighted by molar-refractivity contribution is 0.205. The van der Waals surface area contributed by atoms with E-state index in [0.717, 1.165) is 0 Å². The lowest BCUT2D eigenvalue weighted by Gasteiger charge is -2.27. The molecule has 6 heteroatoms. The molecule has 0 unspecified atom stereocenters. The summed E-state index contributed by atoms with van der Waals surface area (Å²) in [5.41, 5.74) is 4.03. The second-order valence-electron chi connectivity index (χ2n) is 4.09. The Labute approximate surface area is 97.4 Å². The zero-order chi connectivity index (χ0) is 12.4. The Balaban J connectivity index is 0.000000487. The van der Waals surface area contributed by atoms with Crippen molar-refractivity contribution in [2.45, 2.75) is 6.42 Å². The minimum atomic E-state index is -1.33. The van der Waals surface area contributed by atoms with Crippen LogP contribution >= 0.6 is 0 Å². The van der Waals surface area contributed by atoms with Crippen molar-refractivity contribution in [3.8, 4) is 0 Å². The van der Waals surface area contributed by atoms with Gasteiger partial charge in [-0.15, -0.1) is 0 Å². The number of amides is 1. The number of hydrogen-bond acceptors (Lipinski definition) is 4. The molecule has 4 N–H and O–H groups in total. The highest BCUT2D eigenvalue weighted by Crippen LogP contribution is 1.94. The van der Waals surface area contributed by atoms with E-state index in [0.29, 0.717) is 0 Å². The number of primary amides is 1. The number of carboxylic acid groups (broad SMARTS) is 1. The van der Waals surface area contributed by atoms with Crippen LogP contribution < -0.4 is 11.1 Å². The SMILES string of the molecule is CN(C)CCCN1CCNCC1.NC(=O)O. The summed E-state index contributed by atoms with van der Waals surface area (Å²) in [6.07, 6.45) is -0.0347. The van der Waals surface area contributed by atoms with Crippen LogP contribution in [-0.4, -0.2) is 74.4 Å². The predicted molar refractivity (Wildman–Crippen MR) is 64.7 cm³/mol. The van der Waals surface area contributed by atoms with Crippen molar-refractivity contribution >= 4 is 6.09 Å². The molecule has 0 radical (unpaired) electrons. The number of rotatable bonds is 4. The Morgan fingerprint density at radius 2 is 1.94 bits per heavy atom. The van der Waals surface area contributed by atoms with Crippen molar-refractivity contribution in [3.05, 3.63) is 0 Å². The molecule has 1 aliphatic heterocycles.